The minimum atomic E-state index is -3.79. The normalized spacial score (nSPS) is 15.3. The van der Waals surface area contributed by atoms with Crippen LogP contribution in [0.3, 0.4) is 0 Å². The molecule has 0 aliphatic rings. The number of aliphatic hydroxyl groups is 2. The SMILES string of the molecule is C=C(COCCP(=O)(O)OCC(C)O)C(=O)O.C=C(COCCP(=O)(O)OCCO)C(=O)O. The number of rotatable bonds is 18. The van der Waals surface area contributed by atoms with Gasteiger partial charge in [0, 0.05) is 0 Å². The molecule has 0 saturated heterocycles. The third kappa shape index (κ3) is 22.1. The van der Waals surface area contributed by atoms with Gasteiger partial charge in [-0.2, -0.15) is 0 Å². The second-order valence-electron chi connectivity index (χ2n) is 6.35. The lowest BCUT2D eigenvalue weighted by Crippen LogP contribution is -2.13. The molecule has 0 amide bonds. The van der Waals surface area contributed by atoms with Crippen LogP contribution in [0.15, 0.2) is 24.3 Å². The van der Waals surface area contributed by atoms with E-state index >= 15 is 0 Å². The molecule has 0 radical (unpaired) electrons. The predicted octanol–water partition coefficient (Wildman–Crippen LogP) is 0.0647. The Morgan fingerprint density at radius 3 is 1.58 bits per heavy atom. The van der Waals surface area contributed by atoms with Crippen molar-refractivity contribution in [2.75, 3.05) is 58.6 Å². The van der Waals surface area contributed by atoms with Gasteiger partial charge in [0.05, 0.1) is 75.8 Å². The summed E-state index contributed by atoms with van der Waals surface area (Å²) < 4.78 is 41.2. The van der Waals surface area contributed by atoms with Gasteiger partial charge in [-0.3, -0.25) is 9.13 Å². The molecule has 3 atom stereocenters. The topological polar surface area (TPSA) is 227 Å². The highest BCUT2D eigenvalue weighted by atomic mass is 31.2. The molecule has 0 rings (SSSR count). The number of carbonyl (C=O) groups is 2. The van der Waals surface area contributed by atoms with Crippen molar-refractivity contribution in [3.8, 4) is 0 Å². The Bertz CT molecular complexity index is 721. The summed E-state index contributed by atoms with van der Waals surface area (Å²) in [5, 5.41) is 34.1. The molecule has 0 aromatic rings. The maximum atomic E-state index is 11.3. The Labute approximate surface area is 191 Å². The maximum absolute atomic E-state index is 11.3. The Morgan fingerprint density at radius 1 is 0.848 bits per heavy atom. The third-order valence-corrected chi connectivity index (χ3v) is 5.73. The predicted molar refractivity (Wildman–Crippen MR) is 115 cm³/mol. The molecule has 0 spiro atoms. The first-order valence-electron chi connectivity index (χ1n) is 9.32. The van der Waals surface area contributed by atoms with Crippen LogP contribution in [0.5, 0.6) is 0 Å². The molecule has 0 aromatic carbocycles. The molecule has 3 unspecified atom stereocenters. The molecule has 194 valence electrons. The summed E-state index contributed by atoms with van der Waals surface area (Å²) in [7, 11) is -7.55. The number of carboxylic acids is 2. The fourth-order valence-corrected chi connectivity index (χ4v) is 3.20. The minimum Gasteiger partial charge on any atom is -0.478 e. The second kappa shape index (κ2) is 18.0. The number of hydrogen-bond donors (Lipinski definition) is 6. The van der Waals surface area contributed by atoms with Crippen LogP contribution in [0.2, 0.25) is 0 Å². The molecule has 0 heterocycles. The molecule has 0 aliphatic carbocycles. The van der Waals surface area contributed by atoms with E-state index in [4.69, 9.17) is 34.8 Å². The van der Waals surface area contributed by atoms with Crippen LogP contribution >= 0.6 is 15.2 Å². The summed E-state index contributed by atoms with van der Waals surface area (Å²) >= 11 is 0. The number of aliphatic carboxylic acids is 2. The van der Waals surface area contributed by atoms with Crippen LogP contribution in [0.25, 0.3) is 0 Å². The molecule has 16 heteroatoms. The number of ether oxygens (including phenoxy) is 2. The Kier molecular flexibility index (Phi) is 18.4. The third-order valence-electron chi connectivity index (χ3n) is 3.10. The van der Waals surface area contributed by atoms with E-state index in [0.717, 1.165) is 0 Å². The number of hydrogen-bond acceptors (Lipinski definition) is 10. The summed E-state index contributed by atoms with van der Waals surface area (Å²) in [5.74, 6) is -2.36. The first-order chi connectivity index (χ1) is 15.1. The zero-order valence-electron chi connectivity index (χ0n) is 18.2. The van der Waals surface area contributed by atoms with Crippen molar-refractivity contribution in [2.24, 2.45) is 0 Å². The Morgan fingerprint density at radius 2 is 1.24 bits per heavy atom. The highest BCUT2D eigenvalue weighted by Gasteiger charge is 2.20. The zero-order chi connectivity index (χ0) is 26.1. The lowest BCUT2D eigenvalue weighted by Gasteiger charge is -2.13. The smallest absolute Gasteiger partial charge is 0.333 e. The monoisotopic (exact) mass is 522 g/mol. The van der Waals surface area contributed by atoms with E-state index in [-0.39, 0.29) is 69.7 Å². The Balaban J connectivity index is 0. The van der Waals surface area contributed by atoms with Crippen molar-refractivity contribution >= 4 is 27.1 Å². The van der Waals surface area contributed by atoms with Crippen molar-refractivity contribution < 1.29 is 67.5 Å². The maximum Gasteiger partial charge on any atom is 0.333 e. The molecular weight excluding hydrogens is 490 g/mol. The van der Waals surface area contributed by atoms with Gasteiger partial charge in [-0.15, -0.1) is 0 Å². The van der Waals surface area contributed by atoms with Crippen molar-refractivity contribution in [3.63, 3.8) is 0 Å². The molecule has 0 aliphatic heterocycles. The van der Waals surface area contributed by atoms with Gasteiger partial charge < -0.3 is 48.7 Å². The first-order valence-corrected chi connectivity index (χ1v) is 12.9. The van der Waals surface area contributed by atoms with Crippen LogP contribution in [0.4, 0.5) is 0 Å². The average Bonchev–Trinajstić information content (AvgIpc) is 2.71. The van der Waals surface area contributed by atoms with Crippen LogP contribution in [-0.4, -0.2) is 107 Å². The lowest BCUT2D eigenvalue weighted by molar-refractivity contribution is -0.134. The fraction of sp³-hybridized carbons (Fsp3) is 0.647. The number of aliphatic hydroxyl groups excluding tert-OH is 2. The van der Waals surface area contributed by atoms with Gasteiger partial charge in [0.1, 0.15) is 0 Å². The molecule has 0 aromatic heterocycles. The quantitative estimate of drug-likeness (QED) is 0.0795. The van der Waals surface area contributed by atoms with Crippen LogP contribution < -0.4 is 0 Å². The van der Waals surface area contributed by atoms with Gasteiger partial charge in [-0.25, -0.2) is 9.59 Å². The van der Waals surface area contributed by atoms with Crippen molar-refractivity contribution in [3.05, 3.63) is 24.3 Å². The summed E-state index contributed by atoms with van der Waals surface area (Å²) in [6.07, 6.45) is -1.37. The summed E-state index contributed by atoms with van der Waals surface area (Å²) in [4.78, 5) is 39.0. The average molecular weight is 522 g/mol. The van der Waals surface area contributed by atoms with Crippen LogP contribution in [-0.2, 0) is 37.2 Å². The van der Waals surface area contributed by atoms with Gasteiger partial charge >= 0.3 is 27.1 Å². The Hall–Kier alpha value is -1.44. The summed E-state index contributed by atoms with van der Waals surface area (Å²) in [6, 6.07) is 0. The largest absolute Gasteiger partial charge is 0.478 e. The van der Waals surface area contributed by atoms with E-state index in [0.29, 0.717) is 0 Å². The standard InChI is InChI=1S/C9H17O7P.C8H15O7P/c1-7(9(11)12)5-15-3-4-17(13,14)16-6-8(2)10;1-7(8(10)11)6-14-4-5-16(12,13)15-3-2-9/h8,10H,1,3-6H2,2H3,(H,11,12)(H,13,14);9H,1-6H2,(H,10,11)(H,12,13). The van der Waals surface area contributed by atoms with Gasteiger partial charge in [0.15, 0.2) is 0 Å². The second-order valence-corrected chi connectivity index (χ2v) is 10.3. The van der Waals surface area contributed by atoms with Crippen LogP contribution in [0.1, 0.15) is 6.92 Å². The van der Waals surface area contributed by atoms with Crippen molar-refractivity contribution in [1.29, 1.82) is 0 Å². The van der Waals surface area contributed by atoms with Gasteiger partial charge in [0.2, 0.25) is 0 Å². The lowest BCUT2D eigenvalue weighted by atomic mass is 10.3. The zero-order valence-corrected chi connectivity index (χ0v) is 20.0. The summed E-state index contributed by atoms with van der Waals surface area (Å²) in [5.41, 5.74) is -0.272. The van der Waals surface area contributed by atoms with E-state index < -0.39 is 33.2 Å². The highest BCUT2D eigenvalue weighted by molar-refractivity contribution is 7.53. The van der Waals surface area contributed by atoms with Crippen molar-refractivity contribution in [1.82, 2.24) is 0 Å². The molecular formula is C17H32O14P2. The summed E-state index contributed by atoms with van der Waals surface area (Å²) in [6.45, 7) is 6.38. The van der Waals surface area contributed by atoms with Crippen LogP contribution in [0, 0.1) is 0 Å². The molecule has 0 fully saturated rings. The highest BCUT2D eigenvalue weighted by Crippen LogP contribution is 2.41. The van der Waals surface area contributed by atoms with E-state index in [2.05, 4.69) is 22.2 Å². The van der Waals surface area contributed by atoms with E-state index in [1.54, 1.807) is 0 Å². The fourth-order valence-electron chi connectivity index (χ4n) is 1.41. The van der Waals surface area contributed by atoms with Crippen molar-refractivity contribution in [2.45, 2.75) is 13.0 Å². The molecule has 33 heavy (non-hydrogen) atoms. The first kappa shape index (κ1) is 33.7. The number of carboxylic acid groups (broad SMARTS) is 2. The molecule has 0 saturated carbocycles. The molecule has 14 nitrogen and oxygen atoms in total. The van der Waals surface area contributed by atoms with Gasteiger partial charge in [0.25, 0.3) is 0 Å². The molecule has 6 N–H and O–H groups in total. The molecule has 0 bridgehead atoms. The van der Waals surface area contributed by atoms with Gasteiger partial charge in [-0.05, 0) is 6.92 Å². The van der Waals surface area contributed by atoms with Gasteiger partial charge in [-0.1, -0.05) is 13.2 Å². The minimum absolute atomic E-state index is 0.120. The van der Waals surface area contributed by atoms with E-state index in [9.17, 15) is 23.6 Å². The van der Waals surface area contributed by atoms with E-state index in [1.165, 1.54) is 6.92 Å². The van der Waals surface area contributed by atoms with E-state index in [1.807, 2.05) is 0 Å².